The van der Waals surface area contributed by atoms with Crippen LogP contribution in [0, 0.1) is 0 Å². The fourth-order valence-corrected chi connectivity index (χ4v) is 3.77. The van der Waals surface area contributed by atoms with Crippen molar-refractivity contribution in [2.75, 3.05) is 40.6 Å². The first-order chi connectivity index (χ1) is 16.9. The Morgan fingerprint density at radius 3 is 1.83 bits per heavy atom. The number of methoxy groups -OCH3 is 2. The Labute approximate surface area is 206 Å². The van der Waals surface area contributed by atoms with Crippen LogP contribution in [0.25, 0.3) is 0 Å². The van der Waals surface area contributed by atoms with Crippen molar-refractivity contribution in [2.45, 2.75) is 45.4 Å². The summed E-state index contributed by atoms with van der Waals surface area (Å²) < 4.78 is 21.7. The predicted molar refractivity (Wildman–Crippen MR) is 129 cm³/mol. The number of nitrogens with one attached hydrogen (secondary N) is 1. The van der Waals surface area contributed by atoms with Gasteiger partial charge in [0.25, 0.3) is 0 Å². The summed E-state index contributed by atoms with van der Waals surface area (Å²) in [4.78, 5) is 38.4. The van der Waals surface area contributed by atoms with Gasteiger partial charge in [0.2, 0.25) is 0 Å². The van der Waals surface area contributed by atoms with E-state index in [1.807, 2.05) is 13.8 Å². The summed E-state index contributed by atoms with van der Waals surface area (Å²) in [6, 6.07) is 6.15. The molecule has 0 fully saturated rings. The third-order valence-corrected chi connectivity index (χ3v) is 5.48. The first-order valence-electron chi connectivity index (χ1n) is 11.8. The van der Waals surface area contributed by atoms with E-state index in [0.29, 0.717) is 29.8 Å². The highest BCUT2D eigenvalue weighted by atomic mass is 16.5. The van der Waals surface area contributed by atoms with Crippen LogP contribution in [0.2, 0.25) is 0 Å². The largest absolute Gasteiger partial charge is 0.478 e. The normalized spacial score (nSPS) is 14.1. The van der Waals surface area contributed by atoms with Gasteiger partial charge in [-0.15, -0.1) is 0 Å². The molecule has 1 aliphatic rings. The molecule has 0 bridgehead atoms. The van der Waals surface area contributed by atoms with Gasteiger partial charge in [0.1, 0.15) is 0 Å². The van der Waals surface area contributed by atoms with Gasteiger partial charge in [-0.1, -0.05) is 38.8 Å². The Balaban J connectivity index is 2.72. The zero-order valence-corrected chi connectivity index (χ0v) is 20.8. The lowest BCUT2D eigenvalue weighted by atomic mass is 9.79. The molecule has 1 aliphatic heterocycles. The van der Waals surface area contributed by atoms with Gasteiger partial charge in [-0.05, 0) is 30.5 Å². The second-order valence-corrected chi connectivity index (χ2v) is 8.12. The molecule has 0 spiro atoms. The molecule has 0 unspecified atom stereocenters. The average molecular weight is 490 g/mol. The molecule has 9 nitrogen and oxygen atoms in total. The molecule has 9 heteroatoms. The number of benzene rings is 1. The minimum absolute atomic E-state index is 0.0278. The van der Waals surface area contributed by atoms with Crippen LogP contribution in [0.15, 0.2) is 46.8 Å². The lowest BCUT2D eigenvalue weighted by molar-refractivity contribution is -0.140. The fraction of sp³-hybridized carbons (Fsp3) is 0.500. The minimum atomic E-state index is -1.12. The molecule has 0 aromatic heterocycles. The molecule has 1 aromatic rings. The molecule has 192 valence electrons. The van der Waals surface area contributed by atoms with Crippen LogP contribution < -0.4 is 5.32 Å². The van der Waals surface area contributed by atoms with Crippen LogP contribution in [0.1, 0.15) is 61.4 Å². The Hall–Kier alpha value is -3.17. The number of carboxylic acids is 1. The molecule has 0 saturated heterocycles. The van der Waals surface area contributed by atoms with E-state index in [-0.39, 0.29) is 43.1 Å². The van der Waals surface area contributed by atoms with E-state index in [4.69, 9.17) is 18.9 Å². The van der Waals surface area contributed by atoms with Gasteiger partial charge < -0.3 is 29.4 Å². The van der Waals surface area contributed by atoms with Crippen LogP contribution in [-0.2, 0) is 28.5 Å². The van der Waals surface area contributed by atoms with Crippen LogP contribution in [0.3, 0.4) is 0 Å². The van der Waals surface area contributed by atoms with E-state index in [2.05, 4.69) is 5.32 Å². The number of aromatic carboxylic acids is 1. The third-order valence-electron chi connectivity index (χ3n) is 5.48. The summed E-state index contributed by atoms with van der Waals surface area (Å²) in [5.74, 6) is -3.28. The molecule has 0 radical (unpaired) electrons. The maximum Gasteiger partial charge on any atom is 0.336 e. The fourth-order valence-electron chi connectivity index (χ4n) is 3.77. The molecule has 2 N–H and O–H groups in total. The molecule has 1 heterocycles. The summed E-state index contributed by atoms with van der Waals surface area (Å²) in [5.41, 5.74) is 1.65. The van der Waals surface area contributed by atoms with Crippen molar-refractivity contribution in [3.05, 3.63) is 57.9 Å². The van der Waals surface area contributed by atoms with Gasteiger partial charge in [0.15, 0.2) is 0 Å². The van der Waals surface area contributed by atoms with E-state index < -0.39 is 23.8 Å². The molecule has 1 aromatic carbocycles. The van der Waals surface area contributed by atoms with E-state index in [1.54, 1.807) is 12.1 Å². The Morgan fingerprint density at radius 2 is 1.40 bits per heavy atom. The summed E-state index contributed by atoms with van der Waals surface area (Å²) in [5, 5.41) is 12.7. The van der Waals surface area contributed by atoms with Gasteiger partial charge >= 0.3 is 17.9 Å². The molecule has 0 saturated carbocycles. The van der Waals surface area contributed by atoms with Crippen molar-refractivity contribution in [1.29, 1.82) is 0 Å². The topological polar surface area (TPSA) is 120 Å². The van der Waals surface area contributed by atoms with E-state index in [9.17, 15) is 19.5 Å². The quantitative estimate of drug-likeness (QED) is 0.298. The first kappa shape index (κ1) is 28.1. The summed E-state index contributed by atoms with van der Waals surface area (Å²) in [6.45, 7) is 4.47. The number of carbonyl (C=O) groups excluding carboxylic acids is 2. The summed E-state index contributed by atoms with van der Waals surface area (Å²) >= 11 is 0. The number of hydrogen-bond acceptors (Lipinski definition) is 8. The van der Waals surface area contributed by atoms with Crippen LogP contribution in [0.5, 0.6) is 0 Å². The lowest BCUT2D eigenvalue weighted by Gasteiger charge is -2.32. The van der Waals surface area contributed by atoms with Crippen molar-refractivity contribution in [3.8, 4) is 0 Å². The van der Waals surface area contributed by atoms with Crippen molar-refractivity contribution in [1.82, 2.24) is 5.32 Å². The number of dihydropyridines is 1. The molecule has 35 heavy (non-hydrogen) atoms. The highest BCUT2D eigenvalue weighted by Gasteiger charge is 2.40. The number of rotatable bonds is 14. The van der Waals surface area contributed by atoms with Crippen LogP contribution in [0.4, 0.5) is 0 Å². The Morgan fingerprint density at radius 1 is 0.886 bits per heavy atom. The summed E-state index contributed by atoms with van der Waals surface area (Å²) in [6.07, 6.45) is 3.04. The number of carboxylic acid groups (broad SMARTS) is 1. The molecule has 2 rings (SSSR count). The van der Waals surface area contributed by atoms with E-state index >= 15 is 0 Å². The average Bonchev–Trinajstić information content (AvgIpc) is 2.84. The van der Waals surface area contributed by atoms with Gasteiger partial charge in [-0.3, -0.25) is 0 Å². The SMILES string of the molecule is CCCCOC(=O)C1=C(COC)NC(COC)=C(C(=O)OCCCC)C1c1cccc(C(=O)O)c1. The highest BCUT2D eigenvalue weighted by Crippen LogP contribution is 2.40. The predicted octanol–water partition coefficient (Wildman–Crippen LogP) is 3.56. The number of ether oxygens (including phenoxy) is 4. The second kappa shape index (κ2) is 14.3. The smallest absolute Gasteiger partial charge is 0.336 e. The molecular formula is C26H35NO8. The van der Waals surface area contributed by atoms with Gasteiger partial charge in [-0.2, -0.15) is 0 Å². The monoisotopic (exact) mass is 489 g/mol. The second-order valence-electron chi connectivity index (χ2n) is 8.12. The number of esters is 2. The Kier molecular flexibility index (Phi) is 11.5. The van der Waals surface area contributed by atoms with Crippen LogP contribution >= 0.6 is 0 Å². The minimum Gasteiger partial charge on any atom is -0.478 e. The first-order valence-corrected chi connectivity index (χ1v) is 11.8. The Bertz CT molecular complexity index is 918. The van der Waals surface area contributed by atoms with Gasteiger partial charge in [0.05, 0.1) is 60.4 Å². The highest BCUT2D eigenvalue weighted by molar-refractivity contribution is 6.00. The molecule has 0 atom stereocenters. The zero-order chi connectivity index (χ0) is 25.8. The van der Waals surface area contributed by atoms with Crippen molar-refractivity contribution in [3.63, 3.8) is 0 Å². The standard InChI is InChI=1S/C26H35NO8/c1-5-7-12-34-25(30)22-19(15-32-3)27-20(16-33-4)23(26(31)35-13-8-6-2)21(22)17-10-9-11-18(14-17)24(28)29/h9-11,14,21,27H,5-8,12-13,15-16H2,1-4H3,(H,28,29). The molecular weight excluding hydrogens is 454 g/mol. The maximum atomic E-state index is 13.4. The number of hydrogen-bond donors (Lipinski definition) is 2. The molecule has 0 aliphatic carbocycles. The molecule has 0 amide bonds. The maximum absolute atomic E-state index is 13.4. The van der Waals surface area contributed by atoms with E-state index in [1.165, 1.54) is 26.4 Å². The zero-order valence-electron chi connectivity index (χ0n) is 20.8. The van der Waals surface area contributed by atoms with Crippen LogP contribution in [-0.4, -0.2) is 63.7 Å². The van der Waals surface area contributed by atoms with Crippen molar-refractivity contribution >= 4 is 17.9 Å². The van der Waals surface area contributed by atoms with E-state index in [0.717, 1.165) is 12.8 Å². The van der Waals surface area contributed by atoms with Gasteiger partial charge in [-0.25, -0.2) is 14.4 Å². The van der Waals surface area contributed by atoms with Gasteiger partial charge in [0, 0.05) is 14.2 Å². The van der Waals surface area contributed by atoms with Crippen molar-refractivity contribution < 1.29 is 38.4 Å². The summed E-state index contributed by atoms with van der Waals surface area (Å²) in [7, 11) is 2.98. The van der Waals surface area contributed by atoms with Crippen molar-refractivity contribution in [2.24, 2.45) is 0 Å². The number of unbranched alkanes of at least 4 members (excludes halogenated alkanes) is 2. The lowest BCUT2D eigenvalue weighted by Crippen LogP contribution is -2.37. The third kappa shape index (κ3) is 7.40. The number of carbonyl (C=O) groups is 3.